The molecule has 2 heterocycles. The lowest BCUT2D eigenvalue weighted by Gasteiger charge is -2.15. The number of pyridine rings is 1. The van der Waals surface area contributed by atoms with Crippen LogP contribution in [-0.2, 0) is 6.54 Å². The van der Waals surface area contributed by atoms with E-state index < -0.39 is 0 Å². The molecule has 1 aliphatic rings. The van der Waals surface area contributed by atoms with Crippen LogP contribution in [0.4, 0.5) is 0 Å². The third-order valence-corrected chi connectivity index (χ3v) is 3.61. The second-order valence-electron chi connectivity index (χ2n) is 5.35. The predicted molar refractivity (Wildman–Crippen MR) is 103 cm³/mol. The molecule has 0 radical (unpaired) electrons. The van der Waals surface area contributed by atoms with Crippen molar-refractivity contribution in [3.63, 3.8) is 0 Å². The summed E-state index contributed by atoms with van der Waals surface area (Å²) in [4.78, 5) is 11.4. The van der Waals surface area contributed by atoms with Crippen LogP contribution in [0.3, 0.4) is 0 Å². The van der Waals surface area contributed by atoms with Gasteiger partial charge >= 0.3 is 0 Å². The first-order chi connectivity index (χ1) is 10.4. The Kier molecular flexibility index (Phi) is 10.1. The van der Waals surface area contributed by atoms with Crippen LogP contribution in [0.5, 0.6) is 0 Å². The molecule has 0 spiro atoms. The predicted octanol–water partition coefficient (Wildman–Crippen LogP) is 2.24. The van der Waals surface area contributed by atoms with Crippen molar-refractivity contribution in [3.05, 3.63) is 30.1 Å². The number of nitrogens with zero attached hydrogens (tertiary/aromatic N) is 3. The Bertz CT molecular complexity index is 418. The van der Waals surface area contributed by atoms with E-state index in [0.29, 0.717) is 6.54 Å². The van der Waals surface area contributed by atoms with E-state index in [1.807, 2.05) is 18.2 Å². The van der Waals surface area contributed by atoms with Crippen molar-refractivity contribution < 1.29 is 0 Å². The summed E-state index contributed by atoms with van der Waals surface area (Å²) in [6.07, 6.45) is 5.69. The van der Waals surface area contributed by atoms with Crippen LogP contribution >= 0.6 is 24.0 Å². The molecule has 0 saturated carbocycles. The minimum absolute atomic E-state index is 0. The van der Waals surface area contributed by atoms with Crippen molar-refractivity contribution in [2.24, 2.45) is 4.99 Å². The third kappa shape index (κ3) is 7.40. The molecule has 1 fully saturated rings. The molecule has 0 atom stereocenters. The zero-order chi connectivity index (χ0) is 14.8. The number of aliphatic imine (C=N–C) groups is 1. The van der Waals surface area contributed by atoms with E-state index in [9.17, 15) is 0 Å². The highest BCUT2D eigenvalue weighted by Crippen LogP contribution is 2.06. The van der Waals surface area contributed by atoms with Gasteiger partial charge < -0.3 is 15.5 Å². The summed E-state index contributed by atoms with van der Waals surface area (Å²) in [6, 6.07) is 5.92. The van der Waals surface area contributed by atoms with E-state index in [2.05, 4.69) is 32.4 Å². The highest BCUT2D eigenvalue weighted by atomic mass is 127. The lowest BCUT2D eigenvalue weighted by atomic mass is 10.3. The average molecular weight is 417 g/mol. The smallest absolute Gasteiger partial charge is 0.191 e. The fraction of sp³-hybridized carbons (Fsp3) is 0.625. The van der Waals surface area contributed by atoms with Gasteiger partial charge in [0.05, 0.1) is 12.2 Å². The summed E-state index contributed by atoms with van der Waals surface area (Å²) in [6.45, 7) is 8.27. The van der Waals surface area contributed by atoms with Gasteiger partial charge in [0.1, 0.15) is 0 Å². The zero-order valence-corrected chi connectivity index (χ0v) is 15.8. The Labute approximate surface area is 151 Å². The fourth-order valence-corrected chi connectivity index (χ4v) is 2.51. The maximum atomic E-state index is 4.57. The number of aromatic nitrogens is 1. The Morgan fingerprint density at radius 1 is 1.27 bits per heavy atom. The quantitative estimate of drug-likeness (QED) is 0.309. The van der Waals surface area contributed by atoms with Crippen LogP contribution in [0.1, 0.15) is 31.9 Å². The van der Waals surface area contributed by atoms with Gasteiger partial charge in [-0.25, -0.2) is 4.99 Å². The van der Waals surface area contributed by atoms with Gasteiger partial charge in [-0.15, -0.1) is 24.0 Å². The molecule has 0 bridgehead atoms. The second kappa shape index (κ2) is 11.6. The molecule has 2 rings (SSSR count). The Morgan fingerprint density at radius 3 is 2.77 bits per heavy atom. The maximum absolute atomic E-state index is 4.57. The van der Waals surface area contributed by atoms with Gasteiger partial charge in [0, 0.05) is 19.3 Å². The Hall–Kier alpha value is -0.890. The first-order valence-corrected chi connectivity index (χ1v) is 8.03. The number of hydrogen-bond donors (Lipinski definition) is 2. The summed E-state index contributed by atoms with van der Waals surface area (Å²) in [7, 11) is 0. The van der Waals surface area contributed by atoms with Gasteiger partial charge in [0.15, 0.2) is 5.96 Å². The first-order valence-electron chi connectivity index (χ1n) is 8.03. The summed E-state index contributed by atoms with van der Waals surface area (Å²) >= 11 is 0. The zero-order valence-electron chi connectivity index (χ0n) is 13.4. The standard InChI is InChI=1S/C16H27N5.HI/c1-2-17-16(20-14-15-8-3-4-9-18-15)19-10-7-13-21-11-5-6-12-21;/h3-4,8-9H,2,5-7,10-14H2,1H3,(H2,17,19,20);1H. The van der Waals surface area contributed by atoms with Crippen LogP contribution in [0, 0.1) is 0 Å². The van der Waals surface area contributed by atoms with Gasteiger partial charge in [-0.2, -0.15) is 0 Å². The molecular formula is C16H28IN5. The number of guanidine groups is 1. The highest BCUT2D eigenvalue weighted by Gasteiger charge is 2.10. The molecule has 1 aromatic rings. The maximum Gasteiger partial charge on any atom is 0.191 e. The van der Waals surface area contributed by atoms with Gasteiger partial charge in [0.2, 0.25) is 0 Å². The second-order valence-corrected chi connectivity index (χ2v) is 5.35. The van der Waals surface area contributed by atoms with E-state index in [4.69, 9.17) is 0 Å². The first kappa shape index (κ1) is 19.2. The number of rotatable bonds is 7. The molecule has 2 N–H and O–H groups in total. The van der Waals surface area contributed by atoms with Crippen molar-refractivity contribution >= 4 is 29.9 Å². The monoisotopic (exact) mass is 417 g/mol. The van der Waals surface area contributed by atoms with Crippen LogP contribution in [-0.4, -0.2) is 48.6 Å². The summed E-state index contributed by atoms with van der Waals surface area (Å²) in [5, 5.41) is 6.68. The Balaban J connectivity index is 0.00000242. The van der Waals surface area contributed by atoms with Crippen LogP contribution in [0.25, 0.3) is 0 Å². The summed E-state index contributed by atoms with van der Waals surface area (Å²) < 4.78 is 0. The van der Waals surface area contributed by atoms with Crippen LogP contribution in [0.2, 0.25) is 0 Å². The molecule has 124 valence electrons. The number of nitrogens with one attached hydrogen (secondary N) is 2. The lowest BCUT2D eigenvalue weighted by Crippen LogP contribution is -2.38. The van der Waals surface area contributed by atoms with E-state index in [1.54, 1.807) is 6.20 Å². The largest absolute Gasteiger partial charge is 0.357 e. The molecule has 6 heteroatoms. The van der Waals surface area contributed by atoms with Crippen molar-refractivity contribution in [1.29, 1.82) is 0 Å². The average Bonchev–Trinajstić information content (AvgIpc) is 3.03. The molecule has 1 saturated heterocycles. The molecule has 0 unspecified atom stereocenters. The molecule has 1 aliphatic heterocycles. The van der Waals surface area contributed by atoms with Crippen molar-refractivity contribution in [1.82, 2.24) is 20.5 Å². The minimum Gasteiger partial charge on any atom is -0.357 e. The molecule has 0 aliphatic carbocycles. The SMILES string of the molecule is CCNC(=NCc1ccccn1)NCCCN1CCCC1.I. The van der Waals surface area contributed by atoms with Crippen molar-refractivity contribution in [2.75, 3.05) is 32.7 Å². The topological polar surface area (TPSA) is 52.6 Å². The molecular weight excluding hydrogens is 389 g/mol. The number of halogens is 1. The lowest BCUT2D eigenvalue weighted by molar-refractivity contribution is 0.334. The third-order valence-electron chi connectivity index (χ3n) is 3.61. The number of hydrogen-bond acceptors (Lipinski definition) is 3. The summed E-state index contributed by atoms with van der Waals surface area (Å²) in [5.41, 5.74) is 0.992. The molecule has 0 aromatic carbocycles. The van der Waals surface area contributed by atoms with Crippen LogP contribution < -0.4 is 10.6 Å². The minimum atomic E-state index is 0. The molecule has 1 aromatic heterocycles. The fourth-order valence-electron chi connectivity index (χ4n) is 2.51. The van der Waals surface area contributed by atoms with Gasteiger partial charge in [-0.3, -0.25) is 4.98 Å². The highest BCUT2D eigenvalue weighted by molar-refractivity contribution is 14.0. The van der Waals surface area contributed by atoms with E-state index in [1.165, 1.54) is 32.5 Å². The van der Waals surface area contributed by atoms with Crippen molar-refractivity contribution in [2.45, 2.75) is 32.7 Å². The van der Waals surface area contributed by atoms with Gasteiger partial charge in [-0.05, 0) is 58.0 Å². The van der Waals surface area contributed by atoms with Gasteiger partial charge in [0.25, 0.3) is 0 Å². The Morgan fingerprint density at radius 2 is 2.09 bits per heavy atom. The van der Waals surface area contributed by atoms with E-state index >= 15 is 0 Å². The molecule has 0 amide bonds. The molecule has 5 nitrogen and oxygen atoms in total. The summed E-state index contributed by atoms with van der Waals surface area (Å²) in [5.74, 6) is 0.879. The normalized spacial score (nSPS) is 15.4. The number of likely N-dealkylation sites (tertiary alicyclic amines) is 1. The van der Waals surface area contributed by atoms with E-state index in [-0.39, 0.29) is 24.0 Å². The van der Waals surface area contributed by atoms with Crippen molar-refractivity contribution in [3.8, 4) is 0 Å². The van der Waals surface area contributed by atoms with Crippen LogP contribution in [0.15, 0.2) is 29.4 Å². The van der Waals surface area contributed by atoms with Gasteiger partial charge in [-0.1, -0.05) is 6.07 Å². The van der Waals surface area contributed by atoms with E-state index in [0.717, 1.165) is 31.2 Å². The molecule has 22 heavy (non-hydrogen) atoms.